The highest BCUT2D eigenvalue weighted by Crippen LogP contribution is 2.16. The molecule has 1 aromatic carbocycles. The second-order valence-electron chi connectivity index (χ2n) is 3.62. The summed E-state index contributed by atoms with van der Waals surface area (Å²) >= 11 is 3.22. The number of methoxy groups -OCH3 is 1. The first-order valence-electron chi connectivity index (χ1n) is 5.50. The van der Waals surface area contributed by atoms with Crippen molar-refractivity contribution in [3.05, 3.63) is 40.1 Å². The molecule has 0 spiro atoms. The van der Waals surface area contributed by atoms with Crippen molar-refractivity contribution in [3.63, 3.8) is 0 Å². The Hall–Kier alpha value is -1.69. The molecule has 0 bridgehead atoms. The maximum absolute atomic E-state index is 13.4. The largest absolute Gasteiger partial charge is 0.469 e. The van der Waals surface area contributed by atoms with Crippen molar-refractivity contribution in [1.29, 1.82) is 0 Å². The van der Waals surface area contributed by atoms with E-state index in [1.54, 1.807) is 12.1 Å². The number of carbonyl (C=O) groups is 2. The Kier molecular flexibility index (Phi) is 6.21. The molecule has 4 nitrogen and oxygen atoms in total. The van der Waals surface area contributed by atoms with Gasteiger partial charge in [-0.25, -0.2) is 4.39 Å². The minimum atomic E-state index is -0.415. The highest BCUT2D eigenvalue weighted by Gasteiger charge is 2.02. The molecule has 0 aliphatic rings. The van der Waals surface area contributed by atoms with Gasteiger partial charge in [0, 0.05) is 22.7 Å². The third-order valence-electron chi connectivity index (χ3n) is 2.23. The summed E-state index contributed by atoms with van der Waals surface area (Å²) in [5.74, 6) is -1.22. The molecule has 1 aromatic rings. The minimum Gasteiger partial charge on any atom is -0.469 e. The number of carbonyl (C=O) groups excluding carboxylic acids is 2. The van der Waals surface area contributed by atoms with Crippen LogP contribution in [-0.4, -0.2) is 25.5 Å². The Balaban J connectivity index is 2.49. The van der Waals surface area contributed by atoms with E-state index in [2.05, 4.69) is 26.0 Å². The molecule has 0 radical (unpaired) electrons. The molecule has 0 fully saturated rings. The molecule has 6 heteroatoms. The number of rotatable bonds is 5. The predicted molar refractivity (Wildman–Crippen MR) is 72.8 cm³/mol. The van der Waals surface area contributed by atoms with Crippen LogP contribution < -0.4 is 5.32 Å². The average Bonchev–Trinajstić information content (AvgIpc) is 2.39. The van der Waals surface area contributed by atoms with E-state index in [1.807, 2.05) is 0 Å². The molecular formula is C13H13BrFNO3. The van der Waals surface area contributed by atoms with Crippen molar-refractivity contribution in [2.45, 2.75) is 6.42 Å². The van der Waals surface area contributed by atoms with E-state index in [0.717, 1.165) is 4.47 Å². The van der Waals surface area contributed by atoms with Crippen LogP contribution in [0.4, 0.5) is 4.39 Å². The Bertz CT molecular complexity index is 503. The van der Waals surface area contributed by atoms with Crippen molar-refractivity contribution in [1.82, 2.24) is 5.32 Å². The fourth-order valence-electron chi connectivity index (χ4n) is 1.26. The fraction of sp³-hybridized carbons (Fsp3) is 0.231. The minimum absolute atomic E-state index is 0.0985. The van der Waals surface area contributed by atoms with Crippen molar-refractivity contribution in [2.75, 3.05) is 13.7 Å². The third-order valence-corrected chi connectivity index (χ3v) is 2.72. The van der Waals surface area contributed by atoms with Gasteiger partial charge in [0.05, 0.1) is 13.5 Å². The maximum Gasteiger partial charge on any atom is 0.307 e. The Morgan fingerprint density at radius 1 is 1.47 bits per heavy atom. The molecule has 19 heavy (non-hydrogen) atoms. The van der Waals surface area contributed by atoms with Crippen LogP contribution in [0.25, 0.3) is 6.08 Å². The molecule has 0 unspecified atom stereocenters. The Labute approximate surface area is 118 Å². The number of hydrogen-bond acceptors (Lipinski definition) is 3. The van der Waals surface area contributed by atoms with Gasteiger partial charge in [0.15, 0.2) is 0 Å². The lowest BCUT2D eigenvalue weighted by Crippen LogP contribution is -2.24. The summed E-state index contributed by atoms with van der Waals surface area (Å²) in [6, 6.07) is 4.44. The number of esters is 1. The van der Waals surface area contributed by atoms with Crippen LogP contribution in [0.2, 0.25) is 0 Å². The van der Waals surface area contributed by atoms with Gasteiger partial charge in [0.25, 0.3) is 0 Å². The van der Waals surface area contributed by atoms with Gasteiger partial charge >= 0.3 is 5.97 Å². The van der Waals surface area contributed by atoms with Crippen LogP contribution in [-0.2, 0) is 14.3 Å². The molecule has 1 amide bonds. The topological polar surface area (TPSA) is 55.4 Å². The summed E-state index contributed by atoms with van der Waals surface area (Å²) in [4.78, 5) is 22.2. The first-order chi connectivity index (χ1) is 9.02. The van der Waals surface area contributed by atoms with Gasteiger partial charge in [0.1, 0.15) is 5.82 Å². The van der Waals surface area contributed by atoms with Crippen LogP contribution >= 0.6 is 15.9 Å². The molecule has 0 aromatic heterocycles. The first kappa shape index (κ1) is 15.4. The van der Waals surface area contributed by atoms with E-state index in [-0.39, 0.29) is 13.0 Å². The van der Waals surface area contributed by atoms with Gasteiger partial charge < -0.3 is 10.1 Å². The Morgan fingerprint density at radius 3 is 2.89 bits per heavy atom. The van der Waals surface area contributed by atoms with Crippen LogP contribution in [0.15, 0.2) is 28.7 Å². The fourth-order valence-corrected chi connectivity index (χ4v) is 1.64. The average molecular weight is 330 g/mol. The summed E-state index contributed by atoms with van der Waals surface area (Å²) in [7, 11) is 1.28. The van der Waals surface area contributed by atoms with E-state index >= 15 is 0 Å². The molecular weight excluding hydrogens is 317 g/mol. The number of ether oxygens (including phenoxy) is 1. The number of halogens is 2. The van der Waals surface area contributed by atoms with Gasteiger partial charge in [-0.3, -0.25) is 9.59 Å². The van der Waals surface area contributed by atoms with Crippen LogP contribution in [0.3, 0.4) is 0 Å². The highest BCUT2D eigenvalue weighted by atomic mass is 79.9. The molecule has 0 saturated heterocycles. The van der Waals surface area contributed by atoms with Crippen molar-refractivity contribution in [3.8, 4) is 0 Å². The quantitative estimate of drug-likeness (QED) is 0.666. The SMILES string of the molecule is COC(=O)CCNC(=O)C=Cc1cc(Br)ccc1F. The number of benzene rings is 1. The van der Waals surface area contributed by atoms with Crippen molar-refractivity contribution < 1.29 is 18.7 Å². The normalized spacial score (nSPS) is 10.5. The Morgan fingerprint density at radius 2 is 2.21 bits per heavy atom. The summed E-state index contributed by atoms with van der Waals surface area (Å²) in [6.45, 7) is 0.177. The summed E-state index contributed by atoms with van der Waals surface area (Å²) in [6.07, 6.45) is 2.68. The first-order valence-corrected chi connectivity index (χ1v) is 6.30. The standard InChI is InChI=1S/C13H13BrFNO3/c1-19-13(18)6-7-16-12(17)5-2-9-8-10(14)3-4-11(9)15/h2-5,8H,6-7H2,1H3,(H,16,17). The van der Waals surface area contributed by atoms with E-state index in [0.29, 0.717) is 5.56 Å². The molecule has 1 N–H and O–H groups in total. The van der Waals surface area contributed by atoms with Gasteiger partial charge in [-0.2, -0.15) is 0 Å². The monoisotopic (exact) mass is 329 g/mol. The van der Waals surface area contributed by atoms with Gasteiger partial charge in [-0.05, 0) is 24.3 Å². The van der Waals surface area contributed by atoms with Crippen molar-refractivity contribution >= 4 is 33.9 Å². The van der Waals surface area contributed by atoms with Gasteiger partial charge in [0.2, 0.25) is 5.91 Å². The van der Waals surface area contributed by atoms with Gasteiger partial charge in [-0.1, -0.05) is 15.9 Å². The van der Waals surface area contributed by atoms with Crippen LogP contribution in [0.1, 0.15) is 12.0 Å². The summed E-state index contributed by atoms with van der Waals surface area (Å²) < 4.78 is 18.5. The van der Waals surface area contributed by atoms with Crippen LogP contribution in [0, 0.1) is 5.82 Å². The lowest BCUT2D eigenvalue weighted by atomic mass is 10.2. The zero-order chi connectivity index (χ0) is 14.3. The molecule has 0 heterocycles. The summed E-state index contributed by atoms with van der Waals surface area (Å²) in [5.41, 5.74) is 0.303. The van der Waals surface area contributed by atoms with E-state index < -0.39 is 17.7 Å². The highest BCUT2D eigenvalue weighted by molar-refractivity contribution is 9.10. The maximum atomic E-state index is 13.4. The van der Waals surface area contributed by atoms with E-state index in [4.69, 9.17) is 0 Å². The lowest BCUT2D eigenvalue weighted by molar-refractivity contribution is -0.140. The number of amides is 1. The lowest BCUT2D eigenvalue weighted by Gasteiger charge is -2.01. The van der Waals surface area contributed by atoms with Gasteiger partial charge in [-0.15, -0.1) is 0 Å². The molecule has 1 rings (SSSR count). The number of hydrogen-bond donors (Lipinski definition) is 1. The summed E-state index contributed by atoms with van der Waals surface area (Å²) in [5, 5.41) is 2.49. The van der Waals surface area contributed by atoms with Crippen molar-refractivity contribution in [2.24, 2.45) is 0 Å². The zero-order valence-electron chi connectivity index (χ0n) is 10.3. The molecule has 0 atom stereocenters. The van der Waals surface area contributed by atoms with Crippen LogP contribution in [0.5, 0.6) is 0 Å². The second kappa shape index (κ2) is 7.68. The van der Waals surface area contributed by atoms with E-state index in [9.17, 15) is 14.0 Å². The predicted octanol–water partition coefficient (Wildman–Crippen LogP) is 2.28. The smallest absolute Gasteiger partial charge is 0.307 e. The van der Waals surface area contributed by atoms with E-state index in [1.165, 1.54) is 25.3 Å². The second-order valence-corrected chi connectivity index (χ2v) is 4.53. The molecule has 102 valence electrons. The zero-order valence-corrected chi connectivity index (χ0v) is 11.9. The molecule has 0 aliphatic carbocycles. The third kappa shape index (κ3) is 5.65. The molecule has 0 aliphatic heterocycles. The molecule has 0 saturated carbocycles. The number of nitrogens with one attached hydrogen (secondary N) is 1.